The highest BCUT2D eigenvalue weighted by atomic mass is 16.5. The lowest BCUT2D eigenvalue weighted by Gasteiger charge is -2.26. The van der Waals surface area contributed by atoms with Crippen LogP contribution in [0.4, 0.5) is 0 Å². The van der Waals surface area contributed by atoms with Gasteiger partial charge in [-0.3, -0.25) is 4.79 Å². The largest absolute Gasteiger partial charge is 0.496 e. The summed E-state index contributed by atoms with van der Waals surface area (Å²) in [5, 5.41) is 3.19. The number of carbonyl (C=O) groups is 1. The molecule has 0 radical (unpaired) electrons. The Kier molecular flexibility index (Phi) is 5.83. The molecule has 1 aromatic carbocycles. The van der Waals surface area contributed by atoms with Crippen LogP contribution in [-0.2, 0) is 16.0 Å². The summed E-state index contributed by atoms with van der Waals surface area (Å²) >= 11 is 0. The zero-order chi connectivity index (χ0) is 14.2. The van der Waals surface area contributed by atoms with E-state index in [9.17, 15) is 4.79 Å². The molecule has 0 unspecified atom stereocenters. The van der Waals surface area contributed by atoms with Gasteiger partial charge in [0.1, 0.15) is 5.75 Å². The van der Waals surface area contributed by atoms with Gasteiger partial charge in [0.25, 0.3) is 0 Å². The van der Waals surface area contributed by atoms with Crippen LogP contribution in [0.25, 0.3) is 0 Å². The van der Waals surface area contributed by atoms with Crippen LogP contribution in [0.1, 0.15) is 5.56 Å². The van der Waals surface area contributed by atoms with Gasteiger partial charge in [-0.2, -0.15) is 0 Å². The third-order valence-corrected chi connectivity index (χ3v) is 3.40. The van der Waals surface area contributed by atoms with Crippen molar-refractivity contribution in [3.8, 4) is 5.75 Å². The van der Waals surface area contributed by atoms with Crippen molar-refractivity contribution in [2.45, 2.75) is 6.42 Å². The van der Waals surface area contributed by atoms with E-state index < -0.39 is 0 Å². The molecule has 1 aromatic rings. The topological polar surface area (TPSA) is 50.8 Å². The third kappa shape index (κ3) is 4.21. The fraction of sp³-hybridized carbons (Fsp3) is 0.533. The molecule has 0 saturated carbocycles. The van der Waals surface area contributed by atoms with Gasteiger partial charge in [-0.25, -0.2) is 0 Å². The standard InChI is InChI=1S/C15H22N2O3/c1-19-14-5-3-2-4-13(14)6-7-16-12-15(18)17-8-10-20-11-9-17/h2-5,16H,6-12H2,1H3. The maximum atomic E-state index is 11.9. The van der Waals surface area contributed by atoms with Crippen LogP contribution in [0.2, 0.25) is 0 Å². The monoisotopic (exact) mass is 278 g/mol. The van der Waals surface area contributed by atoms with Gasteiger partial charge in [-0.05, 0) is 24.6 Å². The molecule has 1 N–H and O–H groups in total. The predicted molar refractivity (Wildman–Crippen MR) is 77.0 cm³/mol. The molecule has 0 aliphatic carbocycles. The van der Waals surface area contributed by atoms with Crippen molar-refractivity contribution in [1.29, 1.82) is 0 Å². The molecule has 5 nitrogen and oxygen atoms in total. The lowest BCUT2D eigenvalue weighted by Crippen LogP contribution is -2.44. The number of hydrogen-bond donors (Lipinski definition) is 1. The SMILES string of the molecule is COc1ccccc1CCNCC(=O)N1CCOCC1. The van der Waals surface area contributed by atoms with Gasteiger partial charge in [0.2, 0.25) is 5.91 Å². The van der Waals surface area contributed by atoms with Crippen LogP contribution < -0.4 is 10.1 Å². The van der Waals surface area contributed by atoms with Crippen molar-refractivity contribution in [2.24, 2.45) is 0 Å². The number of nitrogens with one attached hydrogen (secondary N) is 1. The average Bonchev–Trinajstić information content (AvgIpc) is 2.52. The highest BCUT2D eigenvalue weighted by Crippen LogP contribution is 2.17. The summed E-state index contributed by atoms with van der Waals surface area (Å²) in [6.07, 6.45) is 0.848. The van der Waals surface area contributed by atoms with E-state index in [0.29, 0.717) is 32.8 Å². The number of methoxy groups -OCH3 is 1. The molecule has 0 atom stereocenters. The van der Waals surface area contributed by atoms with Crippen LogP contribution >= 0.6 is 0 Å². The summed E-state index contributed by atoms with van der Waals surface area (Å²) < 4.78 is 10.5. The Hall–Kier alpha value is -1.59. The Morgan fingerprint density at radius 2 is 2.10 bits per heavy atom. The second-order valence-electron chi connectivity index (χ2n) is 4.73. The molecule has 0 aromatic heterocycles. The molecule has 1 amide bonds. The van der Waals surface area contributed by atoms with Gasteiger partial charge < -0.3 is 19.7 Å². The summed E-state index contributed by atoms with van der Waals surface area (Å²) in [6, 6.07) is 7.95. The zero-order valence-corrected chi connectivity index (χ0v) is 11.9. The van der Waals surface area contributed by atoms with Gasteiger partial charge in [0.15, 0.2) is 0 Å². The van der Waals surface area contributed by atoms with Crippen LogP contribution in [0.5, 0.6) is 5.75 Å². The molecular formula is C15H22N2O3. The number of ether oxygens (including phenoxy) is 2. The van der Waals surface area contributed by atoms with Gasteiger partial charge in [-0.1, -0.05) is 18.2 Å². The van der Waals surface area contributed by atoms with Gasteiger partial charge in [0, 0.05) is 13.1 Å². The van der Waals surface area contributed by atoms with E-state index in [1.54, 1.807) is 7.11 Å². The number of amides is 1. The van der Waals surface area contributed by atoms with Crippen LogP contribution in [-0.4, -0.2) is 57.3 Å². The summed E-state index contributed by atoms with van der Waals surface area (Å²) in [5.41, 5.74) is 1.15. The molecule has 0 spiro atoms. The lowest BCUT2D eigenvalue weighted by molar-refractivity contribution is -0.134. The first-order valence-corrected chi connectivity index (χ1v) is 6.99. The quantitative estimate of drug-likeness (QED) is 0.778. The lowest BCUT2D eigenvalue weighted by atomic mass is 10.1. The Balaban J connectivity index is 1.69. The first-order chi connectivity index (χ1) is 9.81. The first kappa shape index (κ1) is 14.8. The van der Waals surface area contributed by atoms with E-state index in [0.717, 1.165) is 24.3 Å². The van der Waals surface area contributed by atoms with E-state index in [1.165, 1.54) is 0 Å². The first-order valence-electron chi connectivity index (χ1n) is 6.99. The number of benzene rings is 1. The van der Waals surface area contributed by atoms with Crippen molar-refractivity contribution in [1.82, 2.24) is 10.2 Å². The summed E-state index contributed by atoms with van der Waals surface area (Å²) in [6.45, 7) is 3.84. The number of nitrogens with zero attached hydrogens (tertiary/aromatic N) is 1. The highest BCUT2D eigenvalue weighted by Gasteiger charge is 2.15. The Labute approximate surface area is 119 Å². The van der Waals surface area contributed by atoms with Gasteiger partial charge in [0.05, 0.1) is 26.9 Å². The summed E-state index contributed by atoms with van der Waals surface area (Å²) in [4.78, 5) is 13.8. The van der Waals surface area contributed by atoms with Crippen molar-refractivity contribution < 1.29 is 14.3 Å². The van der Waals surface area contributed by atoms with Crippen LogP contribution in [0.3, 0.4) is 0 Å². The molecule has 1 fully saturated rings. The minimum atomic E-state index is 0.147. The van der Waals surface area contributed by atoms with Crippen LogP contribution in [0.15, 0.2) is 24.3 Å². The molecule has 1 heterocycles. The smallest absolute Gasteiger partial charge is 0.236 e. The van der Waals surface area contributed by atoms with Crippen molar-refractivity contribution in [3.05, 3.63) is 29.8 Å². The van der Waals surface area contributed by atoms with Crippen molar-refractivity contribution in [2.75, 3.05) is 46.5 Å². The Bertz CT molecular complexity index is 431. The molecule has 1 saturated heterocycles. The fourth-order valence-electron chi connectivity index (χ4n) is 2.25. The third-order valence-electron chi connectivity index (χ3n) is 3.40. The number of carbonyl (C=O) groups excluding carboxylic acids is 1. The predicted octanol–water partition coefficient (Wildman–Crippen LogP) is 0.686. The highest BCUT2D eigenvalue weighted by molar-refractivity contribution is 5.78. The van der Waals surface area contributed by atoms with Crippen LogP contribution in [0, 0.1) is 0 Å². The fourth-order valence-corrected chi connectivity index (χ4v) is 2.25. The molecule has 110 valence electrons. The number of para-hydroxylation sites is 1. The minimum Gasteiger partial charge on any atom is -0.496 e. The molecule has 2 rings (SSSR count). The summed E-state index contributed by atoms with van der Waals surface area (Å²) in [5.74, 6) is 1.04. The molecule has 1 aliphatic heterocycles. The molecule has 0 bridgehead atoms. The zero-order valence-electron chi connectivity index (χ0n) is 11.9. The van der Waals surface area contributed by atoms with E-state index in [1.807, 2.05) is 29.2 Å². The molecule has 5 heteroatoms. The molecular weight excluding hydrogens is 256 g/mol. The second kappa shape index (κ2) is 7.87. The van der Waals surface area contributed by atoms with E-state index in [4.69, 9.17) is 9.47 Å². The second-order valence-corrected chi connectivity index (χ2v) is 4.73. The van der Waals surface area contributed by atoms with E-state index >= 15 is 0 Å². The van der Waals surface area contributed by atoms with E-state index in [-0.39, 0.29) is 5.91 Å². The number of morpholine rings is 1. The number of hydrogen-bond acceptors (Lipinski definition) is 4. The Morgan fingerprint density at radius 3 is 2.85 bits per heavy atom. The van der Waals surface area contributed by atoms with Crippen molar-refractivity contribution >= 4 is 5.91 Å². The maximum Gasteiger partial charge on any atom is 0.236 e. The van der Waals surface area contributed by atoms with Gasteiger partial charge >= 0.3 is 0 Å². The maximum absolute atomic E-state index is 11.9. The Morgan fingerprint density at radius 1 is 1.35 bits per heavy atom. The molecule has 20 heavy (non-hydrogen) atoms. The normalized spacial score (nSPS) is 15.2. The number of rotatable bonds is 6. The summed E-state index contributed by atoms with van der Waals surface area (Å²) in [7, 11) is 1.67. The van der Waals surface area contributed by atoms with Gasteiger partial charge in [-0.15, -0.1) is 0 Å². The minimum absolute atomic E-state index is 0.147. The molecule has 1 aliphatic rings. The average molecular weight is 278 g/mol. The van der Waals surface area contributed by atoms with Crippen molar-refractivity contribution in [3.63, 3.8) is 0 Å². The van der Waals surface area contributed by atoms with E-state index in [2.05, 4.69) is 5.32 Å².